The summed E-state index contributed by atoms with van der Waals surface area (Å²) in [4.78, 5) is 11.5. The van der Waals surface area contributed by atoms with Crippen LogP contribution in [0.3, 0.4) is 0 Å². The van der Waals surface area contributed by atoms with E-state index in [2.05, 4.69) is 0 Å². The summed E-state index contributed by atoms with van der Waals surface area (Å²) in [6.45, 7) is 1.55. The zero-order chi connectivity index (χ0) is 12.3. The highest BCUT2D eigenvalue weighted by molar-refractivity contribution is 5.99. The maximum absolute atomic E-state index is 13.2. The van der Waals surface area contributed by atoms with Gasteiger partial charge in [-0.3, -0.25) is 4.79 Å². The first kappa shape index (κ1) is 12.2. The molecule has 0 fully saturated rings. The summed E-state index contributed by atoms with van der Waals surface area (Å²) >= 11 is 0. The van der Waals surface area contributed by atoms with Crippen LogP contribution in [0.15, 0.2) is 12.1 Å². The third-order valence-corrected chi connectivity index (χ3v) is 2.13. The van der Waals surface area contributed by atoms with Crippen LogP contribution in [0.4, 0.5) is 13.2 Å². The molecule has 1 rings (SSSR count). The SMILES string of the molecule is CCC(C#N)C(=O)c1c(F)cc(F)cc1F. The Kier molecular flexibility index (Phi) is 3.67. The fourth-order valence-corrected chi connectivity index (χ4v) is 1.29. The smallest absolute Gasteiger partial charge is 0.185 e. The van der Waals surface area contributed by atoms with E-state index in [1.54, 1.807) is 13.0 Å². The number of hydrogen-bond donors (Lipinski definition) is 0. The first-order valence-electron chi connectivity index (χ1n) is 4.59. The van der Waals surface area contributed by atoms with E-state index in [9.17, 15) is 18.0 Å². The quantitative estimate of drug-likeness (QED) is 0.745. The molecule has 0 bridgehead atoms. The summed E-state index contributed by atoms with van der Waals surface area (Å²) in [6, 6.07) is 2.48. The van der Waals surface area contributed by atoms with Crippen molar-refractivity contribution < 1.29 is 18.0 Å². The minimum atomic E-state index is -1.28. The fraction of sp³-hybridized carbons (Fsp3) is 0.273. The normalized spacial score (nSPS) is 11.9. The first-order chi connectivity index (χ1) is 7.51. The molecule has 0 aliphatic carbocycles. The van der Waals surface area contributed by atoms with Crippen molar-refractivity contribution in [2.45, 2.75) is 13.3 Å². The van der Waals surface area contributed by atoms with Gasteiger partial charge in [-0.05, 0) is 6.42 Å². The zero-order valence-corrected chi connectivity index (χ0v) is 8.43. The van der Waals surface area contributed by atoms with Crippen molar-refractivity contribution in [3.8, 4) is 6.07 Å². The highest BCUT2D eigenvalue weighted by atomic mass is 19.1. The minimum absolute atomic E-state index is 0.144. The summed E-state index contributed by atoms with van der Waals surface area (Å²) in [5.41, 5.74) is -0.852. The number of rotatable bonds is 3. The average Bonchev–Trinajstić information content (AvgIpc) is 2.17. The van der Waals surface area contributed by atoms with Gasteiger partial charge in [0.15, 0.2) is 5.78 Å². The lowest BCUT2D eigenvalue weighted by Crippen LogP contribution is -2.16. The van der Waals surface area contributed by atoms with Crippen molar-refractivity contribution in [1.29, 1.82) is 5.26 Å². The predicted molar refractivity (Wildman–Crippen MR) is 50.0 cm³/mol. The Hall–Kier alpha value is -1.83. The molecule has 0 saturated heterocycles. The number of hydrogen-bond acceptors (Lipinski definition) is 2. The van der Waals surface area contributed by atoms with Gasteiger partial charge >= 0.3 is 0 Å². The maximum atomic E-state index is 13.2. The minimum Gasteiger partial charge on any atom is -0.292 e. The van der Waals surface area contributed by atoms with Crippen molar-refractivity contribution in [2.75, 3.05) is 0 Å². The Balaban J connectivity index is 3.24. The summed E-state index contributed by atoms with van der Waals surface area (Å²) in [7, 11) is 0. The van der Waals surface area contributed by atoms with E-state index in [-0.39, 0.29) is 6.42 Å². The number of nitrogens with zero attached hydrogens (tertiary/aromatic N) is 1. The monoisotopic (exact) mass is 227 g/mol. The summed E-state index contributed by atoms with van der Waals surface area (Å²) in [6.07, 6.45) is 0.144. The largest absolute Gasteiger partial charge is 0.292 e. The molecular weight excluding hydrogens is 219 g/mol. The molecule has 0 aliphatic rings. The van der Waals surface area contributed by atoms with Crippen LogP contribution in [0.5, 0.6) is 0 Å². The second-order valence-electron chi connectivity index (χ2n) is 3.20. The van der Waals surface area contributed by atoms with Gasteiger partial charge in [-0.2, -0.15) is 5.26 Å². The Bertz CT molecular complexity index is 442. The van der Waals surface area contributed by atoms with Gasteiger partial charge in [-0.25, -0.2) is 13.2 Å². The lowest BCUT2D eigenvalue weighted by Gasteiger charge is -2.07. The van der Waals surface area contributed by atoms with Gasteiger partial charge in [0.05, 0.1) is 11.6 Å². The number of Topliss-reactive ketones (excluding diaryl/α,β-unsaturated/α-hetero) is 1. The van der Waals surface area contributed by atoms with Crippen molar-refractivity contribution in [1.82, 2.24) is 0 Å². The van der Waals surface area contributed by atoms with Gasteiger partial charge in [0.1, 0.15) is 23.4 Å². The molecule has 0 N–H and O–H groups in total. The molecule has 1 atom stereocenters. The van der Waals surface area contributed by atoms with Gasteiger partial charge in [-0.1, -0.05) is 6.92 Å². The van der Waals surface area contributed by atoms with Crippen LogP contribution < -0.4 is 0 Å². The lowest BCUT2D eigenvalue weighted by molar-refractivity contribution is 0.0938. The van der Waals surface area contributed by atoms with E-state index in [1.807, 2.05) is 0 Å². The molecular formula is C11H8F3NO. The van der Waals surface area contributed by atoms with E-state index in [1.165, 1.54) is 0 Å². The van der Waals surface area contributed by atoms with E-state index < -0.39 is 34.7 Å². The number of nitriles is 1. The molecule has 0 aliphatic heterocycles. The lowest BCUT2D eigenvalue weighted by atomic mass is 9.96. The molecule has 0 radical (unpaired) electrons. The summed E-state index contributed by atoms with van der Waals surface area (Å²) in [5, 5.41) is 8.60. The summed E-state index contributed by atoms with van der Waals surface area (Å²) < 4.78 is 38.9. The Labute approximate surface area is 90.3 Å². The van der Waals surface area contributed by atoms with Gasteiger partial charge < -0.3 is 0 Å². The molecule has 2 nitrogen and oxygen atoms in total. The van der Waals surface area contributed by atoms with Gasteiger partial charge in [0.25, 0.3) is 0 Å². The molecule has 1 aromatic rings. The third-order valence-electron chi connectivity index (χ3n) is 2.13. The number of carbonyl (C=O) groups excluding carboxylic acids is 1. The van der Waals surface area contributed by atoms with Crippen LogP contribution in [0, 0.1) is 34.7 Å². The molecule has 0 aromatic heterocycles. The topological polar surface area (TPSA) is 40.9 Å². The molecule has 1 unspecified atom stereocenters. The van der Waals surface area contributed by atoms with Crippen molar-refractivity contribution in [3.05, 3.63) is 35.1 Å². The molecule has 1 aromatic carbocycles. The number of carbonyl (C=O) groups is 1. The van der Waals surface area contributed by atoms with Crippen molar-refractivity contribution in [2.24, 2.45) is 5.92 Å². The van der Waals surface area contributed by atoms with Gasteiger partial charge in [-0.15, -0.1) is 0 Å². The second-order valence-corrected chi connectivity index (χ2v) is 3.20. The second kappa shape index (κ2) is 4.79. The van der Waals surface area contributed by atoms with Crippen molar-refractivity contribution in [3.63, 3.8) is 0 Å². The van der Waals surface area contributed by atoms with Crippen LogP contribution >= 0.6 is 0 Å². The van der Waals surface area contributed by atoms with Crippen LogP contribution in [0.2, 0.25) is 0 Å². The summed E-state index contributed by atoms with van der Waals surface area (Å²) in [5.74, 6) is -5.74. The Morgan fingerprint density at radius 2 is 1.88 bits per heavy atom. The molecule has 0 heterocycles. The van der Waals surface area contributed by atoms with Gasteiger partial charge in [0.2, 0.25) is 0 Å². The molecule has 0 saturated carbocycles. The third kappa shape index (κ3) is 2.22. The predicted octanol–water partition coefficient (Wildman–Crippen LogP) is 2.84. The van der Waals surface area contributed by atoms with Crippen LogP contribution in [-0.2, 0) is 0 Å². The van der Waals surface area contributed by atoms with E-state index in [0.29, 0.717) is 12.1 Å². The van der Waals surface area contributed by atoms with Crippen LogP contribution in [-0.4, -0.2) is 5.78 Å². The fourth-order valence-electron chi connectivity index (χ4n) is 1.29. The van der Waals surface area contributed by atoms with Crippen LogP contribution in [0.1, 0.15) is 23.7 Å². The molecule has 5 heteroatoms. The Morgan fingerprint density at radius 1 is 1.38 bits per heavy atom. The van der Waals surface area contributed by atoms with E-state index in [4.69, 9.17) is 5.26 Å². The van der Waals surface area contributed by atoms with E-state index >= 15 is 0 Å². The highest BCUT2D eigenvalue weighted by Gasteiger charge is 2.25. The number of benzene rings is 1. The van der Waals surface area contributed by atoms with Gasteiger partial charge in [0, 0.05) is 12.1 Å². The zero-order valence-electron chi connectivity index (χ0n) is 8.43. The number of ketones is 1. The number of halogens is 3. The average molecular weight is 227 g/mol. The van der Waals surface area contributed by atoms with Crippen LogP contribution in [0.25, 0.3) is 0 Å². The highest BCUT2D eigenvalue weighted by Crippen LogP contribution is 2.19. The molecule has 0 spiro atoms. The molecule has 16 heavy (non-hydrogen) atoms. The maximum Gasteiger partial charge on any atom is 0.185 e. The standard InChI is InChI=1S/C11H8F3NO/c1-2-6(5-15)11(16)10-8(13)3-7(12)4-9(10)14/h3-4,6H,2H2,1H3. The van der Waals surface area contributed by atoms with Crippen molar-refractivity contribution >= 4 is 5.78 Å². The molecule has 0 amide bonds. The Morgan fingerprint density at radius 3 is 2.25 bits per heavy atom. The first-order valence-corrected chi connectivity index (χ1v) is 4.59. The molecule has 84 valence electrons. The van der Waals surface area contributed by atoms with E-state index in [0.717, 1.165) is 0 Å².